The van der Waals surface area contributed by atoms with Crippen LogP contribution in [-0.4, -0.2) is 33.0 Å². The lowest BCUT2D eigenvalue weighted by Crippen LogP contribution is -2.36. The number of carbonyl (C=O) groups excluding carboxylic acids is 1. The van der Waals surface area contributed by atoms with Crippen molar-refractivity contribution in [1.82, 2.24) is 0 Å². The van der Waals surface area contributed by atoms with Crippen LogP contribution in [0, 0.1) is 10.1 Å². The number of esters is 1. The number of rotatable bonds is 6. The molecule has 2 rings (SSSR count). The van der Waals surface area contributed by atoms with Gasteiger partial charge < -0.3 is 4.74 Å². The summed E-state index contributed by atoms with van der Waals surface area (Å²) in [4.78, 5) is 21.5. The molecule has 0 saturated heterocycles. The first kappa shape index (κ1) is 18.7. The first-order valence-corrected chi connectivity index (χ1v) is 8.67. The van der Waals surface area contributed by atoms with E-state index in [1.54, 1.807) is 6.07 Å². The summed E-state index contributed by atoms with van der Waals surface area (Å²) < 4.78 is 31.2. The van der Waals surface area contributed by atoms with E-state index in [0.29, 0.717) is 0 Å². The number of benzene rings is 2. The minimum absolute atomic E-state index is 0.129. The number of nitro groups is 1. The Morgan fingerprint density at radius 1 is 1.24 bits per heavy atom. The second-order valence-corrected chi connectivity index (χ2v) is 7.12. The quantitative estimate of drug-likeness (QED) is 0.430. The van der Waals surface area contributed by atoms with Gasteiger partial charge in [0.15, 0.2) is 0 Å². The van der Waals surface area contributed by atoms with Gasteiger partial charge in [-0.3, -0.25) is 19.2 Å². The molecule has 8 nitrogen and oxygen atoms in total. The highest BCUT2D eigenvalue weighted by Crippen LogP contribution is 2.27. The molecule has 0 radical (unpaired) electrons. The van der Waals surface area contributed by atoms with Crippen LogP contribution in [0.3, 0.4) is 0 Å². The van der Waals surface area contributed by atoms with E-state index in [-0.39, 0.29) is 21.3 Å². The predicted octanol–water partition coefficient (Wildman–Crippen LogP) is 2.62. The lowest BCUT2D eigenvalue weighted by molar-refractivity contribution is -0.385. The van der Waals surface area contributed by atoms with Gasteiger partial charge >= 0.3 is 5.97 Å². The number of halogens is 1. The van der Waals surface area contributed by atoms with E-state index < -0.39 is 27.5 Å². The monoisotopic (exact) mass is 384 g/mol. The molecule has 0 spiro atoms. The number of nitrogens with zero attached hydrogens (tertiary/aromatic N) is 2. The van der Waals surface area contributed by atoms with Crippen LogP contribution in [0.1, 0.15) is 0 Å². The zero-order valence-electron chi connectivity index (χ0n) is 13.0. The molecule has 0 bridgehead atoms. The maximum absolute atomic E-state index is 12.9. The molecular formula is C15H13ClN2O6S. The number of anilines is 1. The highest BCUT2D eigenvalue weighted by Gasteiger charge is 2.29. The normalized spacial score (nSPS) is 11.0. The van der Waals surface area contributed by atoms with Crippen molar-refractivity contribution in [2.24, 2.45) is 0 Å². The van der Waals surface area contributed by atoms with E-state index >= 15 is 0 Å². The third-order valence-corrected chi connectivity index (χ3v) is 5.22. The number of nitro benzene ring substituents is 1. The molecule has 132 valence electrons. The van der Waals surface area contributed by atoms with E-state index in [9.17, 15) is 23.3 Å². The number of carbonyl (C=O) groups is 1. The maximum Gasteiger partial charge on any atom is 0.326 e. The molecule has 0 heterocycles. The van der Waals surface area contributed by atoms with Crippen LogP contribution in [0.25, 0.3) is 0 Å². The fourth-order valence-corrected chi connectivity index (χ4v) is 3.64. The first-order chi connectivity index (χ1) is 11.8. The molecule has 2 aromatic rings. The number of ether oxygens (including phenoxy) is 1. The number of methoxy groups -OCH3 is 1. The van der Waals surface area contributed by atoms with Crippen molar-refractivity contribution < 1.29 is 22.9 Å². The third-order valence-electron chi connectivity index (χ3n) is 3.21. The van der Waals surface area contributed by atoms with Gasteiger partial charge in [0, 0.05) is 17.2 Å². The Morgan fingerprint density at radius 3 is 2.52 bits per heavy atom. The first-order valence-electron chi connectivity index (χ1n) is 6.85. The van der Waals surface area contributed by atoms with Gasteiger partial charge in [0.05, 0.1) is 22.6 Å². The van der Waals surface area contributed by atoms with Crippen LogP contribution < -0.4 is 4.31 Å². The zero-order chi connectivity index (χ0) is 18.6. The van der Waals surface area contributed by atoms with Gasteiger partial charge in [0.2, 0.25) is 0 Å². The van der Waals surface area contributed by atoms with E-state index in [4.69, 9.17) is 11.6 Å². The Labute approximate surface area is 148 Å². The summed E-state index contributed by atoms with van der Waals surface area (Å²) in [5, 5.41) is 11.2. The Bertz CT molecular complexity index is 916. The fraction of sp³-hybridized carbons (Fsp3) is 0.133. The van der Waals surface area contributed by atoms with Crippen molar-refractivity contribution in [3.8, 4) is 0 Å². The van der Waals surface area contributed by atoms with Crippen molar-refractivity contribution in [3.05, 3.63) is 63.7 Å². The topological polar surface area (TPSA) is 107 Å². The molecule has 2 aromatic carbocycles. The highest BCUT2D eigenvalue weighted by molar-refractivity contribution is 7.92. The molecule has 0 aromatic heterocycles. The van der Waals surface area contributed by atoms with E-state index in [0.717, 1.165) is 17.5 Å². The average Bonchev–Trinajstić information content (AvgIpc) is 2.59. The molecule has 10 heteroatoms. The van der Waals surface area contributed by atoms with Gasteiger partial charge in [0.25, 0.3) is 15.7 Å². The molecule has 0 aliphatic heterocycles. The Kier molecular flexibility index (Phi) is 5.60. The van der Waals surface area contributed by atoms with Crippen LogP contribution >= 0.6 is 11.6 Å². The average molecular weight is 385 g/mol. The van der Waals surface area contributed by atoms with Crippen molar-refractivity contribution >= 4 is 39.0 Å². The van der Waals surface area contributed by atoms with Gasteiger partial charge in [-0.15, -0.1) is 0 Å². The molecule has 0 fully saturated rings. The summed E-state index contributed by atoms with van der Waals surface area (Å²) in [6, 6.07) is 10.4. The predicted molar refractivity (Wildman–Crippen MR) is 91.1 cm³/mol. The standard InChI is InChI=1S/C15H13ClN2O6S/c1-24-15(19)10-17(12-5-2-4-11(16)8-12)25(22,23)14-7-3-6-13(9-14)18(20)21/h2-9H,10H2,1H3. The summed E-state index contributed by atoms with van der Waals surface area (Å²) in [6.07, 6.45) is 0. The molecule has 0 atom stereocenters. The number of non-ortho nitro benzene ring substituents is 1. The summed E-state index contributed by atoms with van der Waals surface area (Å²) in [6.45, 7) is -0.609. The summed E-state index contributed by atoms with van der Waals surface area (Å²) >= 11 is 5.90. The number of hydrogen-bond acceptors (Lipinski definition) is 6. The minimum atomic E-state index is -4.26. The number of sulfonamides is 1. The second kappa shape index (κ2) is 7.49. The molecule has 0 unspecified atom stereocenters. The van der Waals surface area contributed by atoms with Gasteiger partial charge in [-0.1, -0.05) is 23.7 Å². The van der Waals surface area contributed by atoms with Crippen molar-refractivity contribution in [2.75, 3.05) is 18.0 Å². The largest absolute Gasteiger partial charge is 0.468 e. The Morgan fingerprint density at radius 2 is 1.92 bits per heavy atom. The van der Waals surface area contributed by atoms with E-state index in [1.165, 1.54) is 36.4 Å². The third kappa shape index (κ3) is 4.25. The van der Waals surface area contributed by atoms with E-state index in [2.05, 4.69) is 4.74 Å². The van der Waals surface area contributed by atoms with Crippen LogP contribution in [-0.2, 0) is 19.6 Å². The zero-order valence-corrected chi connectivity index (χ0v) is 14.5. The second-order valence-electron chi connectivity index (χ2n) is 4.82. The lowest BCUT2D eigenvalue weighted by atomic mass is 10.3. The van der Waals surface area contributed by atoms with Crippen LogP contribution in [0.4, 0.5) is 11.4 Å². The van der Waals surface area contributed by atoms with Gasteiger partial charge in [-0.25, -0.2) is 8.42 Å². The van der Waals surface area contributed by atoms with Crippen molar-refractivity contribution in [2.45, 2.75) is 4.90 Å². The summed E-state index contributed by atoms with van der Waals surface area (Å²) in [5.41, 5.74) is -0.255. The molecule has 25 heavy (non-hydrogen) atoms. The molecule has 0 aliphatic rings. The Balaban J connectivity index is 2.57. The van der Waals surface area contributed by atoms with Crippen molar-refractivity contribution in [1.29, 1.82) is 0 Å². The molecule has 0 N–H and O–H groups in total. The molecule has 0 saturated carbocycles. The van der Waals surface area contributed by atoms with Gasteiger partial charge in [-0.05, 0) is 24.3 Å². The van der Waals surface area contributed by atoms with Crippen LogP contribution in [0.2, 0.25) is 5.02 Å². The summed E-state index contributed by atoms with van der Waals surface area (Å²) in [7, 11) is -3.14. The maximum atomic E-state index is 12.9. The molecular weight excluding hydrogens is 372 g/mol. The van der Waals surface area contributed by atoms with Crippen LogP contribution in [0.5, 0.6) is 0 Å². The van der Waals surface area contributed by atoms with Gasteiger partial charge in [-0.2, -0.15) is 0 Å². The molecule has 0 aliphatic carbocycles. The van der Waals surface area contributed by atoms with E-state index in [1.807, 2.05) is 0 Å². The minimum Gasteiger partial charge on any atom is -0.468 e. The lowest BCUT2D eigenvalue weighted by Gasteiger charge is -2.23. The SMILES string of the molecule is COC(=O)CN(c1cccc(Cl)c1)S(=O)(=O)c1cccc([N+](=O)[O-])c1. The molecule has 0 amide bonds. The van der Waals surface area contributed by atoms with Crippen LogP contribution in [0.15, 0.2) is 53.4 Å². The summed E-state index contributed by atoms with van der Waals surface area (Å²) in [5.74, 6) is -0.797. The Hall–Kier alpha value is -2.65. The number of hydrogen-bond donors (Lipinski definition) is 0. The van der Waals surface area contributed by atoms with Crippen molar-refractivity contribution in [3.63, 3.8) is 0 Å². The smallest absolute Gasteiger partial charge is 0.326 e. The fourth-order valence-electron chi connectivity index (χ4n) is 2.01. The van der Waals surface area contributed by atoms with Gasteiger partial charge in [0.1, 0.15) is 6.54 Å². The highest BCUT2D eigenvalue weighted by atomic mass is 35.5.